The standard InChI is InChI=1S/C14H24N2O/c1-2-16(10-6-8-15-9-7-10)14(17)13-11-4-3-5-12(11)13/h10-13,15H,2-9H2,1H3. The van der Waals surface area contributed by atoms with Gasteiger partial charge in [-0.3, -0.25) is 4.79 Å². The third kappa shape index (κ3) is 1.99. The first-order valence-electron chi connectivity index (χ1n) is 7.34. The summed E-state index contributed by atoms with van der Waals surface area (Å²) in [6.45, 7) is 5.19. The molecule has 0 aromatic rings. The molecule has 0 aromatic carbocycles. The number of hydrogen-bond acceptors (Lipinski definition) is 2. The van der Waals surface area contributed by atoms with E-state index in [9.17, 15) is 4.79 Å². The number of hydrogen-bond donors (Lipinski definition) is 1. The summed E-state index contributed by atoms with van der Waals surface area (Å²) in [5, 5.41) is 3.38. The van der Waals surface area contributed by atoms with Crippen molar-refractivity contribution in [1.82, 2.24) is 10.2 Å². The Bertz CT molecular complexity index is 289. The highest BCUT2D eigenvalue weighted by atomic mass is 16.2. The van der Waals surface area contributed by atoms with Crippen LogP contribution in [0.1, 0.15) is 39.0 Å². The van der Waals surface area contributed by atoms with Gasteiger partial charge in [-0.15, -0.1) is 0 Å². The molecule has 1 N–H and O–H groups in total. The number of nitrogens with one attached hydrogen (secondary N) is 1. The largest absolute Gasteiger partial charge is 0.340 e. The molecule has 0 radical (unpaired) electrons. The van der Waals surface area contributed by atoms with Crippen LogP contribution in [0.25, 0.3) is 0 Å². The van der Waals surface area contributed by atoms with Crippen molar-refractivity contribution in [3.05, 3.63) is 0 Å². The third-order valence-electron chi connectivity index (χ3n) is 5.06. The Labute approximate surface area is 104 Å². The van der Waals surface area contributed by atoms with Crippen molar-refractivity contribution in [3.63, 3.8) is 0 Å². The third-order valence-corrected chi connectivity index (χ3v) is 5.06. The maximum atomic E-state index is 12.6. The Kier molecular flexibility index (Phi) is 3.12. The number of nitrogens with zero attached hydrogens (tertiary/aromatic N) is 1. The molecule has 1 amide bonds. The first-order valence-corrected chi connectivity index (χ1v) is 7.34. The fourth-order valence-electron chi connectivity index (χ4n) is 4.09. The molecular weight excluding hydrogens is 212 g/mol. The van der Waals surface area contributed by atoms with Crippen molar-refractivity contribution in [2.45, 2.75) is 45.1 Å². The molecule has 96 valence electrons. The van der Waals surface area contributed by atoms with Gasteiger partial charge >= 0.3 is 0 Å². The average Bonchev–Trinajstić information content (AvgIpc) is 2.85. The molecule has 3 rings (SSSR count). The molecule has 1 saturated heterocycles. The highest BCUT2D eigenvalue weighted by Gasteiger charge is 2.57. The summed E-state index contributed by atoms with van der Waals surface area (Å²) >= 11 is 0. The molecule has 3 fully saturated rings. The van der Waals surface area contributed by atoms with Crippen LogP contribution >= 0.6 is 0 Å². The minimum absolute atomic E-state index is 0.415. The normalized spacial score (nSPS) is 36.6. The molecule has 0 aromatic heterocycles. The van der Waals surface area contributed by atoms with Crippen LogP contribution in [0.4, 0.5) is 0 Å². The van der Waals surface area contributed by atoms with Crippen LogP contribution in [-0.4, -0.2) is 36.5 Å². The first kappa shape index (κ1) is 11.5. The molecule has 2 unspecified atom stereocenters. The van der Waals surface area contributed by atoms with Crippen LogP contribution in [-0.2, 0) is 4.79 Å². The molecule has 2 atom stereocenters. The van der Waals surface area contributed by atoms with E-state index in [0.29, 0.717) is 17.9 Å². The number of fused-ring (bicyclic) bond motifs is 1. The van der Waals surface area contributed by atoms with Crippen molar-refractivity contribution in [3.8, 4) is 0 Å². The predicted octanol–water partition coefficient (Wildman–Crippen LogP) is 1.63. The lowest BCUT2D eigenvalue weighted by molar-refractivity contribution is -0.136. The van der Waals surface area contributed by atoms with Gasteiger partial charge in [0.1, 0.15) is 0 Å². The summed E-state index contributed by atoms with van der Waals surface area (Å²) in [4.78, 5) is 14.7. The molecule has 3 aliphatic rings. The molecule has 3 nitrogen and oxygen atoms in total. The molecule has 2 aliphatic carbocycles. The van der Waals surface area contributed by atoms with Crippen molar-refractivity contribution >= 4 is 5.91 Å². The molecule has 3 heteroatoms. The lowest BCUT2D eigenvalue weighted by Crippen LogP contribution is -2.47. The molecular formula is C14H24N2O. The summed E-state index contributed by atoms with van der Waals surface area (Å²) in [5.74, 6) is 2.42. The summed E-state index contributed by atoms with van der Waals surface area (Å²) < 4.78 is 0. The van der Waals surface area contributed by atoms with Crippen LogP contribution in [0, 0.1) is 17.8 Å². The van der Waals surface area contributed by atoms with E-state index in [1.54, 1.807) is 0 Å². The first-order chi connectivity index (χ1) is 8.33. The van der Waals surface area contributed by atoms with E-state index in [1.807, 2.05) is 0 Å². The zero-order chi connectivity index (χ0) is 11.8. The fourth-order valence-corrected chi connectivity index (χ4v) is 4.09. The Balaban J connectivity index is 1.62. The molecule has 1 heterocycles. The second-order valence-electron chi connectivity index (χ2n) is 5.89. The fraction of sp³-hybridized carbons (Fsp3) is 0.929. The lowest BCUT2D eigenvalue weighted by atomic mass is 10.0. The number of rotatable bonds is 3. The quantitative estimate of drug-likeness (QED) is 0.808. The van der Waals surface area contributed by atoms with E-state index in [2.05, 4.69) is 17.1 Å². The zero-order valence-corrected chi connectivity index (χ0v) is 10.8. The molecule has 1 aliphatic heterocycles. The van der Waals surface area contributed by atoms with Crippen molar-refractivity contribution in [1.29, 1.82) is 0 Å². The minimum atomic E-state index is 0.415. The highest BCUT2D eigenvalue weighted by Crippen LogP contribution is 2.58. The van der Waals surface area contributed by atoms with Gasteiger partial charge in [-0.2, -0.15) is 0 Å². The second-order valence-corrected chi connectivity index (χ2v) is 5.89. The summed E-state index contributed by atoms with van der Waals surface area (Å²) in [6.07, 6.45) is 6.26. The maximum Gasteiger partial charge on any atom is 0.226 e. The van der Waals surface area contributed by atoms with Crippen molar-refractivity contribution in [2.75, 3.05) is 19.6 Å². The lowest BCUT2D eigenvalue weighted by Gasteiger charge is -2.34. The van der Waals surface area contributed by atoms with Gasteiger partial charge in [0.15, 0.2) is 0 Å². The van der Waals surface area contributed by atoms with Gasteiger partial charge in [0.2, 0.25) is 5.91 Å². The maximum absolute atomic E-state index is 12.6. The van der Waals surface area contributed by atoms with E-state index in [1.165, 1.54) is 19.3 Å². The highest BCUT2D eigenvalue weighted by molar-refractivity contribution is 5.82. The number of piperidine rings is 1. The Morgan fingerprint density at radius 3 is 2.41 bits per heavy atom. The Morgan fingerprint density at radius 2 is 1.82 bits per heavy atom. The van der Waals surface area contributed by atoms with E-state index >= 15 is 0 Å². The summed E-state index contributed by atoms with van der Waals surface area (Å²) in [6, 6.07) is 0.509. The van der Waals surface area contributed by atoms with Crippen LogP contribution in [0.5, 0.6) is 0 Å². The van der Waals surface area contributed by atoms with Crippen molar-refractivity contribution < 1.29 is 4.79 Å². The number of amides is 1. The number of carbonyl (C=O) groups is 1. The van der Waals surface area contributed by atoms with Gasteiger partial charge in [0, 0.05) is 18.5 Å². The molecule has 0 bridgehead atoms. The van der Waals surface area contributed by atoms with E-state index in [4.69, 9.17) is 0 Å². The minimum Gasteiger partial charge on any atom is -0.340 e. The van der Waals surface area contributed by atoms with Gasteiger partial charge in [0.25, 0.3) is 0 Å². The molecule has 2 saturated carbocycles. The van der Waals surface area contributed by atoms with E-state index in [-0.39, 0.29) is 0 Å². The van der Waals surface area contributed by atoms with E-state index < -0.39 is 0 Å². The second kappa shape index (κ2) is 4.60. The van der Waals surface area contributed by atoms with Crippen LogP contribution in [0.3, 0.4) is 0 Å². The smallest absolute Gasteiger partial charge is 0.226 e. The predicted molar refractivity (Wildman–Crippen MR) is 67.6 cm³/mol. The average molecular weight is 236 g/mol. The van der Waals surface area contributed by atoms with Gasteiger partial charge in [0.05, 0.1) is 0 Å². The topological polar surface area (TPSA) is 32.3 Å². The summed E-state index contributed by atoms with van der Waals surface area (Å²) in [5.41, 5.74) is 0. The summed E-state index contributed by atoms with van der Waals surface area (Å²) in [7, 11) is 0. The monoisotopic (exact) mass is 236 g/mol. The van der Waals surface area contributed by atoms with Gasteiger partial charge < -0.3 is 10.2 Å². The van der Waals surface area contributed by atoms with Crippen LogP contribution in [0.15, 0.2) is 0 Å². The Morgan fingerprint density at radius 1 is 1.18 bits per heavy atom. The Hall–Kier alpha value is -0.570. The van der Waals surface area contributed by atoms with Crippen molar-refractivity contribution in [2.24, 2.45) is 17.8 Å². The van der Waals surface area contributed by atoms with Gasteiger partial charge in [-0.1, -0.05) is 6.42 Å². The van der Waals surface area contributed by atoms with E-state index in [0.717, 1.165) is 44.3 Å². The molecule has 0 spiro atoms. The number of carbonyl (C=O) groups excluding carboxylic acids is 1. The van der Waals surface area contributed by atoms with Crippen LogP contribution in [0.2, 0.25) is 0 Å². The molecule has 17 heavy (non-hydrogen) atoms. The van der Waals surface area contributed by atoms with Gasteiger partial charge in [-0.25, -0.2) is 0 Å². The van der Waals surface area contributed by atoms with Crippen LogP contribution < -0.4 is 5.32 Å². The van der Waals surface area contributed by atoms with Gasteiger partial charge in [-0.05, 0) is 57.5 Å². The zero-order valence-electron chi connectivity index (χ0n) is 10.8. The SMILES string of the molecule is CCN(C(=O)C1C2CCCC21)C1CCNCC1.